The summed E-state index contributed by atoms with van der Waals surface area (Å²) >= 11 is 0. The van der Waals surface area contributed by atoms with Crippen LogP contribution in [0, 0.1) is 5.92 Å². The number of carboxylic acid groups (broad SMARTS) is 1. The van der Waals surface area contributed by atoms with Gasteiger partial charge >= 0.3 is 5.97 Å². The number of rotatable bonds is 8. The third-order valence-electron chi connectivity index (χ3n) is 4.21. The fraction of sp³-hybridized carbons (Fsp3) is 0.350. The SMILES string of the molecule is COc1ccccc1CC(NCc1ccc(C(=O)O)cc1)C(C)C. The van der Waals surface area contributed by atoms with Crippen molar-refractivity contribution >= 4 is 5.97 Å². The summed E-state index contributed by atoms with van der Waals surface area (Å²) < 4.78 is 5.44. The van der Waals surface area contributed by atoms with E-state index in [1.54, 1.807) is 19.2 Å². The van der Waals surface area contributed by atoms with Crippen molar-refractivity contribution in [1.29, 1.82) is 0 Å². The lowest BCUT2D eigenvalue weighted by Crippen LogP contribution is -2.35. The van der Waals surface area contributed by atoms with Crippen LogP contribution in [0.2, 0.25) is 0 Å². The summed E-state index contributed by atoms with van der Waals surface area (Å²) in [4.78, 5) is 10.9. The van der Waals surface area contributed by atoms with Crippen LogP contribution in [0.25, 0.3) is 0 Å². The fourth-order valence-electron chi connectivity index (χ4n) is 2.67. The Labute approximate surface area is 143 Å². The number of nitrogens with one attached hydrogen (secondary N) is 1. The van der Waals surface area contributed by atoms with Crippen LogP contribution in [-0.2, 0) is 13.0 Å². The molecule has 0 saturated heterocycles. The first-order valence-corrected chi connectivity index (χ1v) is 8.18. The summed E-state index contributed by atoms with van der Waals surface area (Å²) in [6, 6.07) is 15.4. The van der Waals surface area contributed by atoms with E-state index in [0.29, 0.717) is 24.1 Å². The molecule has 0 aliphatic rings. The number of methoxy groups -OCH3 is 1. The molecule has 0 aliphatic heterocycles. The monoisotopic (exact) mass is 327 g/mol. The molecule has 0 heterocycles. The Hall–Kier alpha value is -2.33. The molecule has 0 radical (unpaired) electrons. The van der Waals surface area contributed by atoms with Gasteiger partial charge in [0, 0.05) is 12.6 Å². The standard InChI is InChI=1S/C20H25NO3/c1-14(2)18(12-17-6-4-5-7-19(17)24-3)21-13-15-8-10-16(11-9-15)20(22)23/h4-11,14,18,21H,12-13H2,1-3H3,(H,22,23). The highest BCUT2D eigenvalue weighted by Crippen LogP contribution is 2.21. The minimum Gasteiger partial charge on any atom is -0.496 e. The lowest BCUT2D eigenvalue weighted by atomic mass is 9.95. The van der Waals surface area contributed by atoms with Crippen LogP contribution >= 0.6 is 0 Å². The van der Waals surface area contributed by atoms with E-state index in [4.69, 9.17) is 9.84 Å². The maximum Gasteiger partial charge on any atom is 0.335 e. The molecular formula is C20H25NO3. The second-order valence-electron chi connectivity index (χ2n) is 6.25. The molecule has 1 atom stereocenters. The van der Waals surface area contributed by atoms with Gasteiger partial charge in [-0.15, -0.1) is 0 Å². The van der Waals surface area contributed by atoms with Crippen molar-refractivity contribution < 1.29 is 14.6 Å². The second-order valence-corrected chi connectivity index (χ2v) is 6.25. The molecule has 2 aromatic rings. The van der Waals surface area contributed by atoms with E-state index in [-0.39, 0.29) is 0 Å². The fourth-order valence-corrected chi connectivity index (χ4v) is 2.67. The molecule has 4 heteroatoms. The van der Waals surface area contributed by atoms with Crippen LogP contribution in [0.4, 0.5) is 0 Å². The average molecular weight is 327 g/mol. The zero-order valence-electron chi connectivity index (χ0n) is 14.5. The number of benzene rings is 2. The molecule has 0 aromatic heterocycles. The molecule has 0 bridgehead atoms. The van der Waals surface area contributed by atoms with Crippen molar-refractivity contribution in [2.24, 2.45) is 5.92 Å². The number of hydrogen-bond acceptors (Lipinski definition) is 3. The molecule has 0 aliphatic carbocycles. The Morgan fingerprint density at radius 2 is 1.79 bits per heavy atom. The van der Waals surface area contributed by atoms with Crippen LogP contribution in [0.5, 0.6) is 5.75 Å². The largest absolute Gasteiger partial charge is 0.496 e. The van der Waals surface area contributed by atoms with Gasteiger partial charge in [-0.25, -0.2) is 4.79 Å². The van der Waals surface area contributed by atoms with E-state index in [1.165, 1.54) is 5.56 Å². The maximum absolute atomic E-state index is 10.9. The molecule has 2 N–H and O–H groups in total. The van der Waals surface area contributed by atoms with Gasteiger partial charge in [-0.05, 0) is 41.7 Å². The molecule has 2 aromatic carbocycles. The van der Waals surface area contributed by atoms with Gasteiger partial charge in [0.15, 0.2) is 0 Å². The first-order chi connectivity index (χ1) is 11.5. The van der Waals surface area contributed by atoms with Crippen LogP contribution < -0.4 is 10.1 Å². The lowest BCUT2D eigenvalue weighted by Gasteiger charge is -2.23. The summed E-state index contributed by atoms with van der Waals surface area (Å²) in [6.07, 6.45) is 0.884. The molecule has 24 heavy (non-hydrogen) atoms. The Balaban J connectivity index is 2.02. The molecule has 1 unspecified atom stereocenters. The van der Waals surface area contributed by atoms with Gasteiger partial charge in [-0.2, -0.15) is 0 Å². The van der Waals surface area contributed by atoms with Crippen molar-refractivity contribution in [2.45, 2.75) is 32.9 Å². The van der Waals surface area contributed by atoms with Gasteiger partial charge in [0.1, 0.15) is 5.75 Å². The van der Waals surface area contributed by atoms with E-state index in [1.807, 2.05) is 30.3 Å². The van der Waals surface area contributed by atoms with Gasteiger partial charge < -0.3 is 15.2 Å². The predicted octanol–water partition coefficient (Wildman–Crippen LogP) is 3.75. The summed E-state index contributed by atoms with van der Waals surface area (Å²) in [7, 11) is 1.70. The normalized spacial score (nSPS) is 12.2. The Kier molecular flexibility index (Phi) is 6.38. The smallest absolute Gasteiger partial charge is 0.335 e. The lowest BCUT2D eigenvalue weighted by molar-refractivity contribution is 0.0697. The van der Waals surface area contributed by atoms with Crippen LogP contribution in [0.3, 0.4) is 0 Å². The van der Waals surface area contributed by atoms with Crippen molar-refractivity contribution in [3.63, 3.8) is 0 Å². The average Bonchev–Trinajstić information content (AvgIpc) is 2.59. The van der Waals surface area contributed by atoms with E-state index in [0.717, 1.165) is 17.7 Å². The quantitative estimate of drug-likeness (QED) is 0.775. The minimum absolute atomic E-state index is 0.306. The summed E-state index contributed by atoms with van der Waals surface area (Å²) in [5.41, 5.74) is 2.58. The van der Waals surface area contributed by atoms with E-state index >= 15 is 0 Å². The number of carbonyl (C=O) groups is 1. The number of carboxylic acids is 1. The Morgan fingerprint density at radius 1 is 1.12 bits per heavy atom. The topological polar surface area (TPSA) is 58.6 Å². The predicted molar refractivity (Wildman–Crippen MR) is 95.6 cm³/mol. The van der Waals surface area contributed by atoms with Gasteiger partial charge in [0.05, 0.1) is 12.7 Å². The molecule has 2 rings (SSSR count). The van der Waals surface area contributed by atoms with Crippen LogP contribution in [0.15, 0.2) is 48.5 Å². The maximum atomic E-state index is 10.9. The first kappa shape index (κ1) is 18.0. The number of hydrogen-bond donors (Lipinski definition) is 2. The molecule has 0 fully saturated rings. The molecule has 0 spiro atoms. The molecule has 0 saturated carbocycles. The third kappa shape index (κ3) is 4.83. The Morgan fingerprint density at radius 3 is 2.38 bits per heavy atom. The molecular weight excluding hydrogens is 302 g/mol. The van der Waals surface area contributed by atoms with Crippen molar-refractivity contribution in [2.75, 3.05) is 7.11 Å². The minimum atomic E-state index is -0.897. The second kappa shape index (κ2) is 8.50. The number of aromatic carboxylic acids is 1. The van der Waals surface area contributed by atoms with E-state index in [9.17, 15) is 4.79 Å². The summed E-state index contributed by atoms with van der Waals surface area (Å²) in [5.74, 6) is 0.481. The van der Waals surface area contributed by atoms with Gasteiger partial charge in [-0.1, -0.05) is 44.2 Å². The van der Waals surface area contributed by atoms with Gasteiger partial charge in [0.2, 0.25) is 0 Å². The van der Waals surface area contributed by atoms with Crippen molar-refractivity contribution in [3.8, 4) is 5.75 Å². The van der Waals surface area contributed by atoms with Crippen molar-refractivity contribution in [1.82, 2.24) is 5.32 Å². The summed E-state index contributed by atoms with van der Waals surface area (Å²) in [5, 5.41) is 12.5. The summed E-state index contributed by atoms with van der Waals surface area (Å²) in [6.45, 7) is 5.10. The highest BCUT2D eigenvalue weighted by Gasteiger charge is 2.16. The van der Waals surface area contributed by atoms with E-state index < -0.39 is 5.97 Å². The number of para-hydroxylation sites is 1. The van der Waals surface area contributed by atoms with Crippen molar-refractivity contribution in [3.05, 3.63) is 65.2 Å². The zero-order valence-corrected chi connectivity index (χ0v) is 14.5. The molecule has 4 nitrogen and oxygen atoms in total. The van der Waals surface area contributed by atoms with Crippen LogP contribution in [0.1, 0.15) is 35.3 Å². The van der Waals surface area contributed by atoms with Crippen LogP contribution in [-0.4, -0.2) is 24.2 Å². The molecule has 128 valence electrons. The highest BCUT2D eigenvalue weighted by atomic mass is 16.5. The highest BCUT2D eigenvalue weighted by molar-refractivity contribution is 5.87. The third-order valence-corrected chi connectivity index (χ3v) is 4.21. The van der Waals surface area contributed by atoms with E-state index in [2.05, 4.69) is 25.2 Å². The Bertz CT molecular complexity index is 665. The van der Waals surface area contributed by atoms with Gasteiger partial charge in [0.25, 0.3) is 0 Å². The number of ether oxygens (including phenoxy) is 1. The zero-order chi connectivity index (χ0) is 17.5. The first-order valence-electron chi connectivity index (χ1n) is 8.18. The molecule has 0 amide bonds. The van der Waals surface area contributed by atoms with Gasteiger partial charge in [-0.3, -0.25) is 0 Å².